The number of hydrogen-bond donors (Lipinski definition) is 1. The number of nitrogens with zero attached hydrogens (tertiary/aromatic N) is 2. The van der Waals surface area contributed by atoms with Crippen molar-refractivity contribution in [1.29, 1.82) is 0 Å². The number of amides is 1. The van der Waals surface area contributed by atoms with Crippen LogP contribution in [0.4, 0.5) is 0 Å². The second kappa shape index (κ2) is 5.59. The molecule has 7 nitrogen and oxygen atoms in total. The monoisotopic (exact) mass is 305 g/mol. The Bertz CT molecular complexity index is 473. The summed E-state index contributed by atoms with van der Waals surface area (Å²) in [7, 11) is -3.10. The minimum Gasteiger partial charge on any atom is -0.367 e. The first-order valence-electron chi connectivity index (χ1n) is 6.85. The molecule has 8 heteroatoms. The molecule has 0 radical (unpaired) electrons. The molecule has 1 amide bonds. The predicted molar refractivity (Wildman–Crippen MR) is 74.6 cm³/mol. The Kier molecular flexibility index (Phi) is 4.38. The van der Waals surface area contributed by atoms with Crippen molar-refractivity contribution < 1.29 is 17.9 Å². The molecule has 0 saturated carbocycles. The van der Waals surface area contributed by atoms with Crippen molar-refractivity contribution in [1.82, 2.24) is 9.21 Å². The van der Waals surface area contributed by atoms with Crippen molar-refractivity contribution in [3.63, 3.8) is 0 Å². The maximum absolute atomic E-state index is 11.5. The van der Waals surface area contributed by atoms with Gasteiger partial charge in [0.1, 0.15) is 0 Å². The highest BCUT2D eigenvalue weighted by atomic mass is 32.2. The Hall–Kier alpha value is -0.700. The van der Waals surface area contributed by atoms with Gasteiger partial charge in [0.2, 0.25) is 10.0 Å². The quantitative estimate of drug-likeness (QED) is 0.721. The zero-order chi connectivity index (χ0) is 15.0. The number of carbonyl (C=O) groups is 1. The van der Waals surface area contributed by atoms with Gasteiger partial charge < -0.3 is 10.5 Å². The third-order valence-corrected chi connectivity index (χ3v) is 5.54. The van der Waals surface area contributed by atoms with E-state index in [2.05, 4.69) is 4.90 Å². The van der Waals surface area contributed by atoms with E-state index in [1.165, 1.54) is 10.6 Å². The molecule has 2 rings (SSSR count). The van der Waals surface area contributed by atoms with E-state index in [1.54, 1.807) is 6.92 Å². The number of hydrogen-bond acceptors (Lipinski definition) is 5. The first-order chi connectivity index (χ1) is 9.22. The van der Waals surface area contributed by atoms with Crippen LogP contribution in [-0.2, 0) is 19.6 Å². The summed E-state index contributed by atoms with van der Waals surface area (Å²) in [5.74, 6) is -0.448. The minimum atomic E-state index is -3.10. The second-order valence-corrected chi connectivity index (χ2v) is 7.79. The molecule has 0 aromatic rings. The SMILES string of the molecule is C[C@]1(C(N)=O)CN(C2CCN(S(C)(=O)=O)CC2)CCO1. The van der Waals surface area contributed by atoms with Crippen LogP contribution in [-0.4, -0.2) is 74.2 Å². The molecule has 2 aliphatic heterocycles. The third-order valence-electron chi connectivity index (χ3n) is 4.23. The molecule has 0 aliphatic carbocycles. The molecule has 0 aromatic heterocycles. The van der Waals surface area contributed by atoms with Gasteiger partial charge in [0.15, 0.2) is 5.60 Å². The molecule has 2 fully saturated rings. The lowest BCUT2D eigenvalue weighted by atomic mass is 9.98. The van der Waals surface area contributed by atoms with Crippen LogP contribution in [0.2, 0.25) is 0 Å². The summed E-state index contributed by atoms with van der Waals surface area (Å²) < 4.78 is 30.0. The predicted octanol–water partition coefficient (Wildman–Crippen LogP) is -1.01. The van der Waals surface area contributed by atoms with Gasteiger partial charge in [0.25, 0.3) is 5.91 Å². The Labute approximate surface area is 120 Å². The lowest BCUT2D eigenvalue weighted by Crippen LogP contribution is -2.60. The fourth-order valence-corrected chi connectivity index (χ4v) is 3.77. The van der Waals surface area contributed by atoms with E-state index >= 15 is 0 Å². The van der Waals surface area contributed by atoms with E-state index in [4.69, 9.17) is 10.5 Å². The topological polar surface area (TPSA) is 92.9 Å². The van der Waals surface area contributed by atoms with E-state index in [0.717, 1.165) is 19.4 Å². The summed E-state index contributed by atoms with van der Waals surface area (Å²) in [5, 5.41) is 0. The van der Waals surface area contributed by atoms with E-state index in [-0.39, 0.29) is 6.04 Å². The summed E-state index contributed by atoms with van der Waals surface area (Å²) >= 11 is 0. The van der Waals surface area contributed by atoms with Crippen LogP contribution in [0.5, 0.6) is 0 Å². The van der Waals surface area contributed by atoms with Crippen molar-refractivity contribution in [2.24, 2.45) is 5.73 Å². The van der Waals surface area contributed by atoms with Gasteiger partial charge in [0, 0.05) is 32.2 Å². The lowest BCUT2D eigenvalue weighted by Gasteiger charge is -2.44. The largest absolute Gasteiger partial charge is 0.367 e. The number of ether oxygens (including phenoxy) is 1. The fraction of sp³-hybridized carbons (Fsp3) is 0.917. The molecule has 0 aromatic carbocycles. The van der Waals surface area contributed by atoms with E-state index in [9.17, 15) is 13.2 Å². The lowest BCUT2D eigenvalue weighted by molar-refractivity contribution is -0.156. The summed E-state index contributed by atoms with van der Waals surface area (Å²) in [4.78, 5) is 13.7. The highest BCUT2D eigenvalue weighted by Crippen LogP contribution is 2.24. The minimum absolute atomic E-state index is 0.288. The van der Waals surface area contributed by atoms with Gasteiger partial charge in [-0.25, -0.2) is 12.7 Å². The molecule has 0 bridgehead atoms. The van der Waals surface area contributed by atoms with Crippen LogP contribution in [0.1, 0.15) is 19.8 Å². The molecule has 2 saturated heterocycles. The van der Waals surface area contributed by atoms with Gasteiger partial charge in [-0.2, -0.15) is 0 Å². The Balaban J connectivity index is 1.95. The number of carbonyl (C=O) groups excluding carboxylic acids is 1. The van der Waals surface area contributed by atoms with Crippen LogP contribution >= 0.6 is 0 Å². The number of piperidine rings is 1. The summed E-state index contributed by atoms with van der Waals surface area (Å²) in [6, 6.07) is 0.288. The molecule has 1 atom stereocenters. The van der Waals surface area contributed by atoms with Crippen molar-refractivity contribution in [2.45, 2.75) is 31.4 Å². The third kappa shape index (κ3) is 3.30. The van der Waals surface area contributed by atoms with E-state index < -0.39 is 21.5 Å². The first kappa shape index (κ1) is 15.7. The number of rotatable bonds is 3. The molecular weight excluding hydrogens is 282 g/mol. The highest BCUT2D eigenvalue weighted by Gasteiger charge is 2.40. The smallest absolute Gasteiger partial charge is 0.250 e. The highest BCUT2D eigenvalue weighted by molar-refractivity contribution is 7.88. The maximum atomic E-state index is 11.5. The summed E-state index contributed by atoms with van der Waals surface area (Å²) in [6.07, 6.45) is 2.80. The number of primary amides is 1. The molecule has 0 spiro atoms. The van der Waals surface area contributed by atoms with Gasteiger partial charge in [-0.15, -0.1) is 0 Å². The summed E-state index contributed by atoms with van der Waals surface area (Å²) in [6.45, 7) is 4.50. The average Bonchev–Trinajstić information content (AvgIpc) is 2.38. The van der Waals surface area contributed by atoms with Crippen molar-refractivity contribution in [2.75, 3.05) is 39.0 Å². The van der Waals surface area contributed by atoms with Gasteiger partial charge in [0.05, 0.1) is 12.9 Å². The molecule has 2 N–H and O–H groups in total. The average molecular weight is 305 g/mol. The van der Waals surface area contributed by atoms with E-state index in [1.807, 2.05) is 0 Å². The molecule has 2 aliphatic rings. The molecule has 2 heterocycles. The van der Waals surface area contributed by atoms with Crippen molar-refractivity contribution in [3.05, 3.63) is 0 Å². The molecule has 20 heavy (non-hydrogen) atoms. The summed E-state index contributed by atoms with van der Waals surface area (Å²) in [5.41, 5.74) is 4.46. The molecule has 0 unspecified atom stereocenters. The zero-order valence-electron chi connectivity index (χ0n) is 12.0. The van der Waals surface area contributed by atoms with Gasteiger partial charge in [-0.1, -0.05) is 0 Å². The van der Waals surface area contributed by atoms with Crippen LogP contribution in [0, 0.1) is 0 Å². The van der Waals surface area contributed by atoms with Crippen molar-refractivity contribution >= 4 is 15.9 Å². The Morgan fingerprint density at radius 2 is 1.90 bits per heavy atom. The van der Waals surface area contributed by atoms with Crippen LogP contribution < -0.4 is 5.73 Å². The number of nitrogens with two attached hydrogens (primary N) is 1. The van der Waals surface area contributed by atoms with Gasteiger partial charge in [-0.05, 0) is 19.8 Å². The van der Waals surface area contributed by atoms with Crippen molar-refractivity contribution in [3.8, 4) is 0 Å². The Morgan fingerprint density at radius 3 is 2.40 bits per heavy atom. The van der Waals surface area contributed by atoms with Gasteiger partial charge >= 0.3 is 0 Å². The zero-order valence-corrected chi connectivity index (χ0v) is 12.9. The standard InChI is InChI=1S/C12H23N3O4S/c1-12(11(13)16)9-14(7-8-19-12)10-3-5-15(6-4-10)20(2,17)18/h10H,3-9H2,1-2H3,(H2,13,16)/t12-/m1/s1. The second-order valence-electron chi connectivity index (χ2n) is 5.81. The van der Waals surface area contributed by atoms with E-state index in [0.29, 0.717) is 26.2 Å². The van der Waals surface area contributed by atoms with Gasteiger partial charge in [-0.3, -0.25) is 9.69 Å². The number of morpholine rings is 1. The molecule has 116 valence electrons. The fourth-order valence-electron chi connectivity index (χ4n) is 2.90. The first-order valence-corrected chi connectivity index (χ1v) is 8.70. The van der Waals surface area contributed by atoms with Crippen LogP contribution in [0.3, 0.4) is 0 Å². The maximum Gasteiger partial charge on any atom is 0.250 e. The van der Waals surface area contributed by atoms with Crippen LogP contribution in [0.25, 0.3) is 0 Å². The Morgan fingerprint density at radius 1 is 1.30 bits per heavy atom. The normalized spacial score (nSPS) is 31.3. The number of sulfonamides is 1. The molecular formula is C12H23N3O4S. The van der Waals surface area contributed by atoms with Crippen LogP contribution in [0.15, 0.2) is 0 Å².